The normalized spacial score (nSPS) is 16.6. The van der Waals surface area contributed by atoms with E-state index in [0.29, 0.717) is 48.8 Å². The number of nitrogens with one attached hydrogen (secondary N) is 2. The van der Waals surface area contributed by atoms with Gasteiger partial charge in [-0.15, -0.1) is 11.3 Å². The van der Waals surface area contributed by atoms with Crippen molar-refractivity contribution >= 4 is 64.6 Å². The Bertz CT molecular complexity index is 2840. The number of thiazole rings is 1. The van der Waals surface area contributed by atoms with Gasteiger partial charge >= 0.3 is 0 Å². The molecule has 3 aromatic carbocycles. The van der Waals surface area contributed by atoms with Gasteiger partial charge in [0.15, 0.2) is 0 Å². The lowest BCUT2D eigenvalue weighted by Crippen LogP contribution is -2.50. The van der Waals surface area contributed by atoms with Crippen LogP contribution in [0.4, 0.5) is 5.69 Å². The van der Waals surface area contributed by atoms with Crippen LogP contribution in [-0.2, 0) is 43.1 Å². The van der Waals surface area contributed by atoms with Crippen LogP contribution in [0.3, 0.4) is 0 Å². The minimum absolute atomic E-state index is 0.0314. The number of ketones is 1. The summed E-state index contributed by atoms with van der Waals surface area (Å²) in [6.45, 7) is 13.3. The quantitative estimate of drug-likeness (QED) is 0.0395. The fraction of sp³-hybridized carbons (Fsp3) is 0.508. The average Bonchev–Trinajstić information content (AvgIpc) is 4.02. The van der Waals surface area contributed by atoms with Crippen molar-refractivity contribution in [3.63, 3.8) is 0 Å². The molecule has 0 aliphatic carbocycles. The number of aliphatic hydroxyl groups is 1. The molecule has 408 valence electrons. The van der Waals surface area contributed by atoms with E-state index in [4.69, 9.17) is 21.3 Å². The monoisotopic (exact) mass is 1090 g/mol. The van der Waals surface area contributed by atoms with Crippen molar-refractivity contribution in [1.29, 1.82) is 0 Å². The summed E-state index contributed by atoms with van der Waals surface area (Å²) in [5, 5.41) is 18.2. The van der Waals surface area contributed by atoms with Crippen LogP contribution in [0.15, 0.2) is 78.4 Å². The second-order valence-electron chi connectivity index (χ2n) is 22.1. The first-order valence-electron chi connectivity index (χ1n) is 26.9. The van der Waals surface area contributed by atoms with E-state index in [-0.39, 0.29) is 48.9 Å². The van der Waals surface area contributed by atoms with Crippen molar-refractivity contribution in [2.75, 3.05) is 45.0 Å². The third kappa shape index (κ3) is 16.1. The first-order chi connectivity index (χ1) is 36.3. The number of unbranched alkanes of at least 4 members (excludes halogenated alkanes) is 5. The van der Waals surface area contributed by atoms with Crippen molar-refractivity contribution in [3.8, 4) is 16.2 Å². The smallest absolute Gasteiger partial charge is 0.243 e. The minimum Gasteiger partial charge on any atom is -0.496 e. The number of hydrogen-bond donors (Lipinski definition) is 3. The minimum atomic E-state index is -2.49. The van der Waals surface area contributed by atoms with Gasteiger partial charge in [0.1, 0.15) is 30.5 Å². The van der Waals surface area contributed by atoms with Gasteiger partial charge in [0.25, 0.3) is 0 Å². The molecule has 76 heavy (non-hydrogen) atoms. The lowest BCUT2D eigenvalue weighted by atomic mass is 9.76. The van der Waals surface area contributed by atoms with E-state index in [1.54, 1.807) is 38.0 Å². The van der Waals surface area contributed by atoms with Crippen LogP contribution in [0.2, 0.25) is 5.02 Å². The molecule has 0 saturated carbocycles. The van der Waals surface area contributed by atoms with Gasteiger partial charge in [-0.1, -0.05) is 113 Å². The highest BCUT2D eigenvalue weighted by atomic mass is 35.5. The molecule has 0 radical (unpaired) electrons. The highest BCUT2D eigenvalue weighted by Crippen LogP contribution is 2.38. The number of nitrogens with zero attached hydrogens (tertiary/aromatic N) is 5. The molecule has 0 bridgehead atoms. The number of rotatable bonds is 24. The number of carbonyl (C=O) groups is 4. The Morgan fingerprint density at radius 2 is 1.61 bits per heavy atom. The molecule has 3 atom stereocenters. The van der Waals surface area contributed by atoms with Crippen molar-refractivity contribution in [1.82, 2.24) is 30.5 Å². The molecule has 2 aliphatic heterocycles. The van der Waals surface area contributed by atoms with Gasteiger partial charge < -0.3 is 34.8 Å². The Morgan fingerprint density at radius 1 is 0.908 bits per heavy atom. The summed E-state index contributed by atoms with van der Waals surface area (Å²) in [4.78, 5) is 72.5. The standard InChI is InChI=1S/C59H77ClN7O7PS/c1-39-56(76-38-63-39)41-22-20-40(21-23-41)35-62-57(71)51-34-47(69)37-67(51)58(72)48(59(2,3)4)33-46(68)17-12-10-8-9-11-13-19-55(70)64-44-26-28-66(29-27-44)45-25-24-42(52(32-45)74-5)31-54-61-36-49(60)50(65-54)30-43-16-14-15-18-53(43)75(6,7)73/h14-16,18,20-25,32,36,38,44,47-48,51,69H,8-13,17,19,26-31,33-35,37H2,1-7H3,(H,62,71)(H,64,70)/t47-,48-,51+/m1/s1. The summed E-state index contributed by atoms with van der Waals surface area (Å²) in [6, 6.07) is 21.2. The predicted octanol–water partition coefficient (Wildman–Crippen LogP) is 10.1. The maximum Gasteiger partial charge on any atom is 0.243 e. The van der Waals surface area contributed by atoms with E-state index in [9.17, 15) is 28.8 Å². The van der Waals surface area contributed by atoms with E-state index < -0.39 is 30.6 Å². The number of benzene rings is 3. The van der Waals surface area contributed by atoms with Gasteiger partial charge in [-0.25, -0.2) is 15.0 Å². The summed E-state index contributed by atoms with van der Waals surface area (Å²) in [5.41, 5.74) is 7.91. The number of likely N-dealkylation sites (tertiary alicyclic amines) is 1. The number of Topliss-reactive ketones (excluding diaryl/α,β-unsaturated/α-hetero) is 1. The van der Waals surface area contributed by atoms with Crippen LogP contribution in [-0.4, -0.2) is 107 Å². The number of β-amino-alcohol motifs (C(OH)–C–C–N with tert-alkyl or cyclic N) is 1. The number of hydrogen-bond acceptors (Lipinski definition) is 12. The molecule has 2 saturated heterocycles. The van der Waals surface area contributed by atoms with Crippen molar-refractivity contribution in [2.45, 2.75) is 142 Å². The van der Waals surface area contributed by atoms with Gasteiger partial charge in [0.05, 0.1) is 40.0 Å². The lowest BCUT2D eigenvalue weighted by Gasteiger charge is -2.34. The van der Waals surface area contributed by atoms with Crippen LogP contribution in [0.25, 0.3) is 10.4 Å². The SMILES string of the molecule is COc1cc(N2CCC(NC(=O)CCCCCCCCC(=O)C[C@H](C(=O)N3C[C@H](O)C[C@H]3C(=O)NCc3ccc(-c4scnc4C)cc3)C(C)(C)C)CC2)ccc1Cc1ncc(Cl)c(Cc2ccccc2P(C)(C)=O)n1. The molecule has 2 aromatic heterocycles. The van der Waals surface area contributed by atoms with Crippen LogP contribution in [0.1, 0.15) is 132 Å². The summed E-state index contributed by atoms with van der Waals surface area (Å²) in [7, 11) is -0.826. The molecule has 7 rings (SSSR count). The van der Waals surface area contributed by atoms with E-state index in [2.05, 4.69) is 43.7 Å². The number of ether oxygens (including phenoxy) is 1. The second kappa shape index (κ2) is 26.7. The average molecular weight is 1090 g/mol. The van der Waals surface area contributed by atoms with Gasteiger partial charge in [-0.2, -0.15) is 0 Å². The first-order valence-corrected chi connectivity index (χ1v) is 30.8. The highest BCUT2D eigenvalue weighted by Gasteiger charge is 2.44. The van der Waals surface area contributed by atoms with Crippen LogP contribution >= 0.6 is 30.1 Å². The molecular formula is C59H77ClN7O7PS. The number of aryl methyl sites for hydroxylation is 1. The largest absolute Gasteiger partial charge is 0.496 e. The van der Waals surface area contributed by atoms with Gasteiger partial charge in [0, 0.05) is 105 Å². The van der Waals surface area contributed by atoms with Gasteiger partial charge in [-0.3, -0.25) is 19.2 Å². The third-order valence-corrected chi connectivity index (χ3v) is 17.7. The van der Waals surface area contributed by atoms with Crippen molar-refractivity contribution < 1.29 is 33.6 Å². The second-order valence-corrected chi connectivity index (χ2v) is 26.5. The maximum absolute atomic E-state index is 14.1. The Kier molecular flexibility index (Phi) is 20.5. The number of halogens is 1. The molecule has 2 aliphatic rings. The van der Waals surface area contributed by atoms with Crippen LogP contribution in [0, 0.1) is 18.3 Å². The number of carbonyl (C=O) groups excluding carboxylic acids is 4. The first kappa shape index (κ1) is 58.2. The molecule has 2 fully saturated rings. The Morgan fingerprint density at radius 3 is 2.28 bits per heavy atom. The lowest BCUT2D eigenvalue weighted by molar-refractivity contribution is -0.146. The molecule has 17 heteroatoms. The molecule has 4 heterocycles. The van der Waals surface area contributed by atoms with E-state index in [1.807, 2.05) is 81.7 Å². The zero-order valence-corrected chi connectivity index (χ0v) is 47.9. The molecule has 5 aromatic rings. The number of methoxy groups -OCH3 is 1. The Hall–Kier alpha value is -5.47. The Labute approximate surface area is 458 Å². The molecule has 0 unspecified atom stereocenters. The van der Waals surface area contributed by atoms with Crippen LogP contribution < -0.4 is 25.6 Å². The zero-order chi connectivity index (χ0) is 54.6. The summed E-state index contributed by atoms with van der Waals surface area (Å²) in [6.07, 6.45) is 9.88. The zero-order valence-electron chi connectivity index (χ0n) is 45.4. The van der Waals surface area contributed by atoms with Crippen molar-refractivity contribution in [3.05, 3.63) is 117 Å². The molecular weight excluding hydrogens is 1020 g/mol. The molecule has 0 spiro atoms. The maximum atomic E-state index is 14.1. The number of aromatic nitrogens is 3. The van der Waals surface area contributed by atoms with Crippen molar-refractivity contribution in [2.24, 2.45) is 11.3 Å². The number of amides is 3. The number of anilines is 1. The van der Waals surface area contributed by atoms with Gasteiger partial charge in [0.2, 0.25) is 17.7 Å². The molecule has 3 amide bonds. The molecule has 14 nitrogen and oxygen atoms in total. The van der Waals surface area contributed by atoms with E-state index in [1.165, 1.54) is 4.90 Å². The Balaban J connectivity index is 0.772. The predicted molar refractivity (Wildman–Crippen MR) is 304 cm³/mol. The molecule has 3 N–H and O–H groups in total. The summed E-state index contributed by atoms with van der Waals surface area (Å²) >= 11 is 8.15. The summed E-state index contributed by atoms with van der Waals surface area (Å²) < 4.78 is 18.8. The fourth-order valence-corrected chi connectivity index (χ4v) is 12.7. The number of aliphatic hydroxyl groups excluding tert-OH is 1. The number of piperidine rings is 1. The topological polar surface area (TPSA) is 184 Å². The summed E-state index contributed by atoms with van der Waals surface area (Å²) in [5.74, 6) is 0.291. The van der Waals surface area contributed by atoms with E-state index in [0.717, 1.165) is 114 Å². The van der Waals surface area contributed by atoms with Crippen LogP contribution in [0.5, 0.6) is 5.75 Å². The van der Waals surface area contributed by atoms with E-state index >= 15 is 0 Å². The highest BCUT2D eigenvalue weighted by molar-refractivity contribution is 7.70. The van der Waals surface area contributed by atoms with Gasteiger partial charge in [-0.05, 0) is 74.1 Å². The third-order valence-electron chi connectivity index (χ3n) is 14.8. The fourth-order valence-electron chi connectivity index (χ4n) is 10.4.